The van der Waals surface area contributed by atoms with E-state index in [1.165, 1.54) is 12.1 Å². The first-order valence-electron chi connectivity index (χ1n) is 10.1. The molecule has 7 heteroatoms. The number of nitrogens with zero attached hydrogens (tertiary/aromatic N) is 1. The molecular weight excluding hydrogens is 391 g/mol. The highest BCUT2D eigenvalue weighted by atomic mass is 32.2. The molecule has 0 atom stereocenters. The van der Waals surface area contributed by atoms with Crippen LogP contribution in [-0.2, 0) is 27.8 Å². The monoisotopic (exact) mass is 416 g/mol. The van der Waals surface area contributed by atoms with Crippen molar-refractivity contribution in [3.8, 4) is 0 Å². The summed E-state index contributed by atoms with van der Waals surface area (Å²) < 4.78 is 42.1. The van der Waals surface area contributed by atoms with Gasteiger partial charge in [0.25, 0.3) is 0 Å². The van der Waals surface area contributed by atoms with Crippen molar-refractivity contribution in [1.29, 1.82) is 0 Å². The van der Waals surface area contributed by atoms with Crippen molar-refractivity contribution in [1.82, 2.24) is 4.31 Å². The first-order chi connectivity index (χ1) is 13.9. The van der Waals surface area contributed by atoms with Crippen molar-refractivity contribution in [2.75, 3.05) is 5.32 Å². The first-order valence-corrected chi connectivity index (χ1v) is 11.6. The van der Waals surface area contributed by atoms with Crippen molar-refractivity contribution in [2.45, 2.75) is 62.4 Å². The number of nitrogens with one attached hydrogen (secondary N) is 1. The Kier molecular flexibility index (Phi) is 5.69. The van der Waals surface area contributed by atoms with E-state index >= 15 is 0 Å². The lowest BCUT2D eigenvalue weighted by Gasteiger charge is -2.34. The summed E-state index contributed by atoms with van der Waals surface area (Å²) in [4.78, 5) is 11.8. The van der Waals surface area contributed by atoms with Gasteiger partial charge in [0, 0.05) is 24.7 Å². The molecule has 1 saturated carbocycles. The lowest BCUT2D eigenvalue weighted by atomic mass is 9.95. The van der Waals surface area contributed by atoms with Crippen LogP contribution in [0.15, 0.2) is 47.4 Å². The van der Waals surface area contributed by atoms with Gasteiger partial charge < -0.3 is 5.32 Å². The summed E-state index contributed by atoms with van der Waals surface area (Å²) in [5, 5.41) is 2.79. The molecule has 2 aliphatic rings. The van der Waals surface area contributed by atoms with Gasteiger partial charge in [-0.15, -0.1) is 0 Å². The quantitative estimate of drug-likeness (QED) is 0.793. The summed E-state index contributed by atoms with van der Waals surface area (Å²) in [6.45, 7) is 0.223. The maximum absolute atomic E-state index is 13.6. The second kappa shape index (κ2) is 8.24. The predicted molar refractivity (Wildman–Crippen MR) is 109 cm³/mol. The molecule has 2 aromatic carbocycles. The largest absolute Gasteiger partial charge is 0.326 e. The van der Waals surface area contributed by atoms with Crippen LogP contribution < -0.4 is 5.32 Å². The second-order valence-electron chi connectivity index (χ2n) is 7.84. The number of aryl methyl sites for hydroxylation is 1. The van der Waals surface area contributed by atoms with Crippen molar-refractivity contribution >= 4 is 21.6 Å². The van der Waals surface area contributed by atoms with Crippen LogP contribution in [0.3, 0.4) is 0 Å². The molecule has 0 spiro atoms. The molecule has 5 nitrogen and oxygen atoms in total. The fourth-order valence-electron chi connectivity index (χ4n) is 4.20. The summed E-state index contributed by atoms with van der Waals surface area (Å²) >= 11 is 0. The third-order valence-corrected chi connectivity index (χ3v) is 7.71. The van der Waals surface area contributed by atoms with E-state index in [0.29, 0.717) is 18.5 Å². The highest BCUT2D eigenvalue weighted by Gasteiger charge is 2.33. The molecule has 0 bridgehead atoms. The van der Waals surface area contributed by atoms with E-state index < -0.39 is 10.0 Å². The van der Waals surface area contributed by atoms with E-state index in [9.17, 15) is 17.6 Å². The van der Waals surface area contributed by atoms with Crippen molar-refractivity contribution < 1.29 is 17.6 Å². The Balaban J connectivity index is 1.68. The van der Waals surface area contributed by atoms with Gasteiger partial charge in [-0.3, -0.25) is 4.79 Å². The highest BCUT2D eigenvalue weighted by molar-refractivity contribution is 7.89. The van der Waals surface area contributed by atoms with Gasteiger partial charge in [0.2, 0.25) is 15.9 Å². The lowest BCUT2D eigenvalue weighted by Crippen LogP contribution is -2.41. The average molecular weight is 417 g/mol. The Hall–Kier alpha value is -2.25. The number of fused-ring (bicyclic) bond motifs is 1. The molecule has 1 heterocycles. The molecule has 1 amide bonds. The fraction of sp³-hybridized carbons (Fsp3) is 0.409. The van der Waals surface area contributed by atoms with Gasteiger partial charge in [-0.1, -0.05) is 31.4 Å². The van der Waals surface area contributed by atoms with E-state index in [1.807, 2.05) is 0 Å². The van der Waals surface area contributed by atoms with E-state index in [4.69, 9.17) is 0 Å². The lowest BCUT2D eigenvalue weighted by molar-refractivity contribution is -0.116. The summed E-state index contributed by atoms with van der Waals surface area (Å²) in [6, 6.07) is 10.9. The molecule has 29 heavy (non-hydrogen) atoms. The molecule has 154 valence electrons. The third kappa shape index (κ3) is 4.36. The molecule has 0 saturated heterocycles. The predicted octanol–water partition coefficient (Wildman–Crippen LogP) is 4.23. The summed E-state index contributed by atoms with van der Waals surface area (Å²) in [5.74, 6) is -0.384. The minimum atomic E-state index is -3.73. The van der Waals surface area contributed by atoms with Crippen molar-refractivity contribution in [2.24, 2.45) is 0 Å². The summed E-state index contributed by atoms with van der Waals surface area (Å²) in [5.41, 5.74) is 2.30. The molecule has 1 fully saturated rings. The Bertz CT molecular complexity index is 999. The number of carbonyl (C=O) groups is 1. The molecule has 0 unspecified atom stereocenters. The molecule has 1 aliphatic carbocycles. The van der Waals surface area contributed by atoms with Crippen LogP contribution in [0.2, 0.25) is 0 Å². The van der Waals surface area contributed by atoms with E-state index in [2.05, 4.69) is 5.32 Å². The molecular formula is C22H25FN2O3S. The van der Waals surface area contributed by atoms with Gasteiger partial charge >= 0.3 is 0 Å². The maximum atomic E-state index is 13.6. The number of carbonyl (C=O) groups excluding carboxylic acids is 1. The van der Waals surface area contributed by atoms with E-state index in [1.54, 1.807) is 34.6 Å². The van der Waals surface area contributed by atoms with Gasteiger partial charge in [0.05, 0.1) is 4.90 Å². The SMILES string of the molecule is O=C1CCc2cc(S(=O)(=O)N(Cc3ccc(F)cc3)C3CCCCC3)ccc2N1. The Morgan fingerprint density at radius 3 is 2.45 bits per heavy atom. The number of amides is 1. The van der Waals surface area contributed by atoms with Crippen molar-refractivity contribution in [3.63, 3.8) is 0 Å². The number of anilines is 1. The minimum absolute atomic E-state index is 0.0479. The summed E-state index contributed by atoms with van der Waals surface area (Å²) in [7, 11) is -3.73. The molecule has 0 radical (unpaired) electrons. The standard InChI is InChI=1S/C22H25FN2O3S/c23-18-9-6-16(7-10-18)15-25(19-4-2-1-3-5-19)29(27,28)20-11-12-21-17(14-20)8-13-22(26)24-21/h6-7,9-12,14,19H,1-5,8,13,15H2,(H,24,26). The number of rotatable bonds is 5. The average Bonchev–Trinajstić information content (AvgIpc) is 2.73. The van der Waals surface area contributed by atoms with Crippen LogP contribution in [0, 0.1) is 5.82 Å². The molecule has 0 aromatic heterocycles. The topological polar surface area (TPSA) is 66.5 Å². The number of benzene rings is 2. The van der Waals surface area contributed by atoms with Crippen LogP contribution in [0.1, 0.15) is 49.7 Å². The van der Waals surface area contributed by atoms with Crippen LogP contribution in [0.5, 0.6) is 0 Å². The van der Waals surface area contributed by atoms with Crippen LogP contribution >= 0.6 is 0 Å². The fourth-order valence-corrected chi connectivity index (χ4v) is 5.93. The Labute approximate surface area is 171 Å². The van der Waals surface area contributed by atoms with E-state index in [-0.39, 0.29) is 29.2 Å². The zero-order valence-corrected chi connectivity index (χ0v) is 17.1. The number of sulfonamides is 1. The van der Waals surface area contributed by atoms with Crippen LogP contribution in [0.25, 0.3) is 0 Å². The Morgan fingerprint density at radius 1 is 1.00 bits per heavy atom. The smallest absolute Gasteiger partial charge is 0.243 e. The summed E-state index contributed by atoms with van der Waals surface area (Å²) in [6.07, 6.45) is 5.71. The molecule has 1 N–H and O–H groups in total. The third-order valence-electron chi connectivity index (χ3n) is 5.81. The van der Waals surface area contributed by atoms with Crippen molar-refractivity contribution in [3.05, 3.63) is 59.4 Å². The molecule has 2 aromatic rings. The number of halogens is 1. The molecule has 4 rings (SSSR count). The van der Waals surface area contributed by atoms with Crippen LogP contribution in [0.4, 0.5) is 10.1 Å². The van der Waals surface area contributed by atoms with Gasteiger partial charge in [-0.2, -0.15) is 4.31 Å². The highest BCUT2D eigenvalue weighted by Crippen LogP contribution is 2.32. The van der Waals surface area contributed by atoms with Gasteiger partial charge in [0.15, 0.2) is 0 Å². The van der Waals surface area contributed by atoms with Crippen LogP contribution in [-0.4, -0.2) is 24.7 Å². The second-order valence-corrected chi connectivity index (χ2v) is 9.73. The van der Waals surface area contributed by atoms with Gasteiger partial charge in [0.1, 0.15) is 5.82 Å². The molecule has 1 aliphatic heterocycles. The maximum Gasteiger partial charge on any atom is 0.243 e. The Morgan fingerprint density at radius 2 is 1.72 bits per heavy atom. The first kappa shape index (κ1) is 20.0. The van der Waals surface area contributed by atoms with E-state index in [0.717, 1.165) is 43.2 Å². The minimum Gasteiger partial charge on any atom is -0.326 e. The number of hydrogen-bond donors (Lipinski definition) is 1. The normalized spacial score (nSPS) is 17.8. The zero-order chi connectivity index (χ0) is 20.4. The number of hydrogen-bond acceptors (Lipinski definition) is 3. The van der Waals surface area contributed by atoms with Gasteiger partial charge in [-0.05, 0) is 60.7 Å². The zero-order valence-electron chi connectivity index (χ0n) is 16.2. The van der Waals surface area contributed by atoms with Gasteiger partial charge in [-0.25, -0.2) is 12.8 Å².